The Kier molecular flexibility index (Phi) is 3.05. The van der Waals surface area contributed by atoms with Gasteiger partial charge in [-0.05, 0) is 28.1 Å². The van der Waals surface area contributed by atoms with Crippen molar-refractivity contribution >= 4 is 21.6 Å². The fourth-order valence-corrected chi connectivity index (χ4v) is 1.63. The molecule has 0 aliphatic rings. The summed E-state index contributed by atoms with van der Waals surface area (Å²) >= 11 is 3.08. The molecule has 0 aliphatic heterocycles. The van der Waals surface area contributed by atoms with Crippen LogP contribution in [0.25, 0.3) is 0 Å². The van der Waals surface area contributed by atoms with E-state index in [1.165, 1.54) is 24.7 Å². The maximum Gasteiger partial charge on any atom is 0.146 e. The van der Waals surface area contributed by atoms with Crippen molar-refractivity contribution in [3.8, 4) is 0 Å². The first-order chi connectivity index (χ1) is 7.70. The number of benzene rings is 1. The number of halogens is 2. The number of hydrogen-bond donors (Lipinski definition) is 1. The van der Waals surface area contributed by atoms with Crippen molar-refractivity contribution in [3.05, 3.63) is 58.3 Å². The molecule has 0 saturated heterocycles. The molecular weight excluding hydrogens is 273 g/mol. The molecule has 0 spiro atoms. The van der Waals surface area contributed by atoms with Crippen LogP contribution in [0.3, 0.4) is 0 Å². The maximum absolute atomic E-state index is 13.7. The molecule has 0 saturated carbocycles. The summed E-state index contributed by atoms with van der Waals surface area (Å²) in [6, 6.07) is 4.80. The van der Waals surface area contributed by atoms with Crippen LogP contribution >= 0.6 is 15.9 Å². The first kappa shape index (κ1) is 10.9. The van der Waals surface area contributed by atoms with Crippen LogP contribution in [-0.4, -0.2) is 15.7 Å². The second-order valence-corrected chi connectivity index (χ2v) is 3.92. The summed E-state index contributed by atoms with van der Waals surface area (Å²) in [4.78, 5) is 7.80. The van der Waals surface area contributed by atoms with Crippen LogP contribution in [0.2, 0.25) is 0 Å². The molecular formula is C11H7BrFN3. The highest BCUT2D eigenvalue weighted by atomic mass is 79.9. The molecule has 5 heteroatoms. The van der Waals surface area contributed by atoms with Gasteiger partial charge in [-0.2, -0.15) is 0 Å². The smallest absolute Gasteiger partial charge is 0.146 e. The first-order valence-corrected chi connectivity index (χ1v) is 5.29. The molecule has 0 amide bonds. The Hall–Kier alpha value is -1.62. The monoisotopic (exact) mass is 279 g/mol. The van der Waals surface area contributed by atoms with E-state index in [9.17, 15) is 4.39 Å². The van der Waals surface area contributed by atoms with Gasteiger partial charge in [-0.3, -0.25) is 15.4 Å². The average molecular weight is 280 g/mol. The second kappa shape index (κ2) is 4.49. The predicted molar refractivity (Wildman–Crippen MR) is 62.1 cm³/mol. The highest BCUT2D eigenvalue weighted by molar-refractivity contribution is 9.10. The summed E-state index contributed by atoms with van der Waals surface area (Å²) in [5.74, 6) is -0.460. The minimum absolute atomic E-state index is 0.0203. The summed E-state index contributed by atoms with van der Waals surface area (Å²) < 4.78 is 14.0. The number of aromatic nitrogens is 2. The Labute approximate surface area is 100 Å². The van der Waals surface area contributed by atoms with Crippen LogP contribution in [0.1, 0.15) is 11.3 Å². The molecule has 0 fully saturated rings. The number of rotatable bonds is 2. The van der Waals surface area contributed by atoms with E-state index in [-0.39, 0.29) is 11.3 Å². The van der Waals surface area contributed by atoms with Gasteiger partial charge in [0.15, 0.2) is 0 Å². The van der Waals surface area contributed by atoms with E-state index < -0.39 is 5.82 Å². The van der Waals surface area contributed by atoms with E-state index in [4.69, 9.17) is 5.41 Å². The Bertz CT molecular complexity index is 528. The number of nitrogens with one attached hydrogen (secondary N) is 1. The van der Waals surface area contributed by atoms with Crippen molar-refractivity contribution < 1.29 is 4.39 Å². The average Bonchev–Trinajstić information content (AvgIpc) is 2.33. The molecule has 1 heterocycles. The van der Waals surface area contributed by atoms with Crippen molar-refractivity contribution in [2.24, 2.45) is 0 Å². The second-order valence-electron chi connectivity index (χ2n) is 3.07. The third-order valence-electron chi connectivity index (χ3n) is 2.04. The van der Waals surface area contributed by atoms with Gasteiger partial charge in [0.25, 0.3) is 0 Å². The molecule has 0 aliphatic carbocycles. The van der Waals surface area contributed by atoms with Gasteiger partial charge in [-0.25, -0.2) is 4.39 Å². The zero-order valence-electron chi connectivity index (χ0n) is 8.11. The van der Waals surface area contributed by atoms with E-state index >= 15 is 0 Å². The molecule has 0 unspecified atom stereocenters. The summed E-state index contributed by atoms with van der Waals surface area (Å²) in [7, 11) is 0. The Balaban J connectivity index is 2.46. The van der Waals surface area contributed by atoms with Crippen molar-refractivity contribution in [2.45, 2.75) is 0 Å². The van der Waals surface area contributed by atoms with Gasteiger partial charge in [0.2, 0.25) is 0 Å². The zero-order valence-corrected chi connectivity index (χ0v) is 9.70. The molecule has 2 rings (SSSR count). The molecule has 1 N–H and O–H groups in total. The van der Waals surface area contributed by atoms with E-state index in [1.54, 1.807) is 12.1 Å². The molecule has 3 nitrogen and oxygen atoms in total. The fraction of sp³-hybridized carbons (Fsp3) is 0. The molecule has 0 radical (unpaired) electrons. The fourth-order valence-electron chi connectivity index (χ4n) is 1.26. The lowest BCUT2D eigenvalue weighted by Crippen LogP contribution is -2.07. The quantitative estimate of drug-likeness (QED) is 0.860. The molecule has 0 bridgehead atoms. The van der Waals surface area contributed by atoms with Gasteiger partial charge in [0, 0.05) is 18.0 Å². The Morgan fingerprint density at radius 2 is 2.12 bits per heavy atom. The predicted octanol–water partition coefficient (Wildman–Crippen LogP) is 2.79. The Morgan fingerprint density at radius 1 is 1.31 bits per heavy atom. The van der Waals surface area contributed by atoms with Crippen molar-refractivity contribution in [2.75, 3.05) is 0 Å². The van der Waals surface area contributed by atoms with Gasteiger partial charge in [-0.15, -0.1) is 0 Å². The lowest BCUT2D eigenvalue weighted by atomic mass is 10.1. The third-order valence-corrected chi connectivity index (χ3v) is 2.65. The largest absolute Gasteiger partial charge is 0.298 e. The maximum atomic E-state index is 13.7. The van der Waals surface area contributed by atoms with E-state index in [2.05, 4.69) is 25.9 Å². The van der Waals surface area contributed by atoms with Crippen molar-refractivity contribution in [1.29, 1.82) is 5.41 Å². The molecule has 1 aromatic carbocycles. The minimum Gasteiger partial charge on any atom is -0.298 e. The number of hydrogen-bond acceptors (Lipinski definition) is 3. The van der Waals surface area contributed by atoms with Crippen LogP contribution in [0.5, 0.6) is 0 Å². The molecule has 80 valence electrons. The molecule has 16 heavy (non-hydrogen) atoms. The van der Waals surface area contributed by atoms with Crippen molar-refractivity contribution in [1.82, 2.24) is 9.97 Å². The van der Waals surface area contributed by atoms with Crippen LogP contribution in [0, 0.1) is 11.2 Å². The highest BCUT2D eigenvalue weighted by Gasteiger charge is 2.13. The van der Waals surface area contributed by atoms with E-state index in [1.807, 2.05) is 0 Å². The van der Waals surface area contributed by atoms with Gasteiger partial charge in [0.1, 0.15) is 11.5 Å². The summed E-state index contributed by atoms with van der Waals surface area (Å²) in [6.07, 6.45) is 4.41. The van der Waals surface area contributed by atoms with E-state index in [0.29, 0.717) is 10.2 Å². The van der Waals surface area contributed by atoms with Crippen LogP contribution < -0.4 is 0 Å². The lowest BCUT2D eigenvalue weighted by Gasteiger charge is -2.05. The third kappa shape index (κ3) is 1.99. The van der Waals surface area contributed by atoms with Crippen LogP contribution in [0.15, 0.2) is 41.3 Å². The summed E-state index contributed by atoms with van der Waals surface area (Å²) in [5.41, 5.74) is 0.571. The van der Waals surface area contributed by atoms with Gasteiger partial charge in [-0.1, -0.05) is 6.07 Å². The molecule has 0 atom stereocenters. The van der Waals surface area contributed by atoms with Crippen LogP contribution in [0.4, 0.5) is 4.39 Å². The molecule has 1 aromatic heterocycles. The zero-order chi connectivity index (χ0) is 11.5. The van der Waals surface area contributed by atoms with Gasteiger partial charge >= 0.3 is 0 Å². The Morgan fingerprint density at radius 3 is 2.81 bits per heavy atom. The van der Waals surface area contributed by atoms with E-state index in [0.717, 1.165) is 0 Å². The number of nitrogens with zero attached hydrogens (tertiary/aromatic N) is 2. The summed E-state index contributed by atoms with van der Waals surface area (Å²) in [5, 5.41) is 7.84. The first-order valence-electron chi connectivity index (χ1n) is 4.49. The van der Waals surface area contributed by atoms with Crippen molar-refractivity contribution in [3.63, 3.8) is 0 Å². The standard InChI is InChI=1S/C11H7BrFN3/c12-8-3-1-2-7(10(8)13)11(14)9-6-15-4-5-16-9/h1-6,14H. The molecule has 2 aromatic rings. The lowest BCUT2D eigenvalue weighted by molar-refractivity contribution is 0.618. The minimum atomic E-state index is -0.460. The normalized spacial score (nSPS) is 10.1. The summed E-state index contributed by atoms with van der Waals surface area (Å²) in [6.45, 7) is 0. The highest BCUT2D eigenvalue weighted by Crippen LogP contribution is 2.20. The topological polar surface area (TPSA) is 49.6 Å². The SMILES string of the molecule is N=C(c1cnccn1)c1cccc(Br)c1F. The van der Waals surface area contributed by atoms with Gasteiger partial charge in [0.05, 0.1) is 16.4 Å². The van der Waals surface area contributed by atoms with Crippen LogP contribution in [-0.2, 0) is 0 Å². The van der Waals surface area contributed by atoms with Gasteiger partial charge < -0.3 is 0 Å².